The average molecular weight is 398 g/mol. The second-order valence-electron chi connectivity index (χ2n) is 6.07. The maximum absolute atomic E-state index is 10.4. The van der Waals surface area contributed by atoms with E-state index >= 15 is 0 Å². The molecule has 4 aromatic rings. The summed E-state index contributed by atoms with van der Waals surface area (Å²) in [5.41, 5.74) is 3.51. The third-order valence-corrected chi connectivity index (χ3v) is 6.19. The third-order valence-electron chi connectivity index (χ3n) is 4.07. The van der Waals surface area contributed by atoms with Gasteiger partial charge in [0.15, 0.2) is 0 Å². The number of benzene rings is 3. The van der Waals surface area contributed by atoms with E-state index in [1.165, 1.54) is 32.9 Å². The lowest BCUT2D eigenvalue weighted by Gasteiger charge is -2.05. The molecule has 3 aromatic carbocycles. The minimum absolute atomic E-state index is 0.178. The fourth-order valence-electron chi connectivity index (χ4n) is 2.64. The van der Waals surface area contributed by atoms with Gasteiger partial charge in [0.2, 0.25) is 5.52 Å². The summed E-state index contributed by atoms with van der Waals surface area (Å²) in [6.07, 6.45) is 0. The summed E-state index contributed by atoms with van der Waals surface area (Å²) >= 11 is 1.84. The zero-order chi connectivity index (χ0) is 19.4. The van der Waals surface area contributed by atoms with Gasteiger partial charge in [0.1, 0.15) is 21.9 Å². The first kappa shape index (κ1) is 19.2. The van der Waals surface area contributed by atoms with E-state index in [0.717, 1.165) is 5.56 Å². The minimum atomic E-state index is -4.27. The molecule has 0 N–H and O–H groups in total. The zero-order valence-corrected chi connectivity index (χ0v) is 16.6. The Kier molecular flexibility index (Phi) is 5.70. The molecule has 0 aliphatic carbocycles. The Morgan fingerprint density at radius 2 is 1.44 bits per heavy atom. The molecule has 0 fully saturated rings. The van der Waals surface area contributed by atoms with Gasteiger partial charge in [-0.1, -0.05) is 59.4 Å². The van der Waals surface area contributed by atoms with Crippen molar-refractivity contribution in [3.05, 3.63) is 84.4 Å². The number of aromatic nitrogens is 1. The standard InChI is InChI=1S/C14H12NS.C7H8O3S/c1-15-12-9-5-6-10-13(12)16-14(15)11-7-3-2-4-8-11;1-6-2-4-7(5-3-6)11(8,9)10/h2-10H,1H3;2-5H,1H3,(H,8,9,10)/q+1;/p-1. The van der Waals surface area contributed by atoms with Crippen LogP contribution in [0.3, 0.4) is 0 Å². The zero-order valence-electron chi connectivity index (χ0n) is 15.0. The van der Waals surface area contributed by atoms with Gasteiger partial charge in [0, 0.05) is 6.07 Å². The number of nitrogens with zero attached hydrogens (tertiary/aromatic N) is 1. The highest BCUT2D eigenvalue weighted by molar-refractivity contribution is 7.85. The predicted octanol–water partition coefficient (Wildman–Crippen LogP) is 4.29. The van der Waals surface area contributed by atoms with Crippen molar-refractivity contribution in [2.24, 2.45) is 7.05 Å². The number of rotatable bonds is 2. The number of para-hydroxylation sites is 1. The van der Waals surface area contributed by atoms with Crippen molar-refractivity contribution in [1.29, 1.82) is 0 Å². The normalized spacial score (nSPS) is 11.1. The van der Waals surface area contributed by atoms with E-state index < -0.39 is 10.1 Å². The molecule has 0 saturated heterocycles. The summed E-state index contributed by atoms with van der Waals surface area (Å²) in [4.78, 5) is -0.178. The maximum Gasteiger partial charge on any atom is 0.269 e. The molecule has 0 bridgehead atoms. The second-order valence-corrected chi connectivity index (χ2v) is 8.48. The molecule has 0 amide bonds. The number of hydrogen-bond acceptors (Lipinski definition) is 4. The Bertz CT molecular complexity index is 1150. The van der Waals surface area contributed by atoms with Crippen molar-refractivity contribution in [2.45, 2.75) is 11.8 Å². The van der Waals surface area contributed by atoms with E-state index in [4.69, 9.17) is 0 Å². The van der Waals surface area contributed by atoms with Crippen molar-refractivity contribution in [1.82, 2.24) is 0 Å². The van der Waals surface area contributed by atoms with Gasteiger partial charge >= 0.3 is 0 Å². The average Bonchev–Trinajstić information content (AvgIpc) is 3.00. The van der Waals surface area contributed by atoms with Crippen molar-refractivity contribution in [2.75, 3.05) is 0 Å². The highest BCUT2D eigenvalue weighted by Gasteiger charge is 2.17. The van der Waals surface area contributed by atoms with E-state index in [1.54, 1.807) is 12.1 Å². The molecule has 4 nitrogen and oxygen atoms in total. The number of aryl methyl sites for hydroxylation is 2. The number of fused-ring (bicyclic) bond motifs is 1. The van der Waals surface area contributed by atoms with Crippen LogP contribution in [0, 0.1) is 6.92 Å². The molecule has 6 heteroatoms. The van der Waals surface area contributed by atoms with Gasteiger partial charge in [-0.2, -0.15) is 4.57 Å². The lowest BCUT2D eigenvalue weighted by atomic mass is 10.2. The van der Waals surface area contributed by atoms with Crippen molar-refractivity contribution < 1.29 is 17.5 Å². The first-order valence-electron chi connectivity index (χ1n) is 8.32. The van der Waals surface area contributed by atoms with Crippen LogP contribution in [0.25, 0.3) is 20.8 Å². The first-order valence-corrected chi connectivity index (χ1v) is 10.5. The van der Waals surface area contributed by atoms with E-state index in [-0.39, 0.29) is 4.90 Å². The van der Waals surface area contributed by atoms with Crippen LogP contribution >= 0.6 is 11.3 Å². The largest absolute Gasteiger partial charge is 0.744 e. The summed E-state index contributed by atoms with van der Waals surface area (Å²) in [6.45, 7) is 1.82. The van der Waals surface area contributed by atoms with Gasteiger partial charge in [-0.05, 0) is 37.3 Å². The van der Waals surface area contributed by atoms with Gasteiger partial charge < -0.3 is 4.55 Å². The van der Waals surface area contributed by atoms with Crippen LogP contribution in [0.4, 0.5) is 0 Å². The molecule has 0 radical (unpaired) electrons. The van der Waals surface area contributed by atoms with Crippen molar-refractivity contribution in [3.63, 3.8) is 0 Å². The molecule has 0 aliphatic heterocycles. The summed E-state index contributed by atoms with van der Waals surface area (Å²) in [6, 6.07) is 24.8. The molecule has 0 unspecified atom stereocenters. The molecule has 0 spiro atoms. The SMILES string of the molecule is C[n+]1c(-c2ccccc2)sc2ccccc21.Cc1ccc(S(=O)(=O)[O-])cc1. The topological polar surface area (TPSA) is 61.1 Å². The lowest BCUT2D eigenvalue weighted by Crippen LogP contribution is -2.28. The quantitative estimate of drug-likeness (QED) is 0.374. The van der Waals surface area contributed by atoms with Crippen LogP contribution in [-0.4, -0.2) is 13.0 Å². The molecular weight excluding hydrogens is 378 g/mol. The molecule has 0 aliphatic rings. The molecule has 0 saturated carbocycles. The fraction of sp³-hybridized carbons (Fsp3) is 0.0952. The van der Waals surface area contributed by atoms with Gasteiger partial charge in [0.05, 0.1) is 10.5 Å². The van der Waals surface area contributed by atoms with Gasteiger partial charge in [-0.15, -0.1) is 0 Å². The Hall–Kier alpha value is -2.54. The van der Waals surface area contributed by atoms with Crippen LogP contribution in [0.15, 0.2) is 83.8 Å². The second kappa shape index (κ2) is 8.00. The van der Waals surface area contributed by atoms with Crippen LogP contribution in [0.2, 0.25) is 0 Å². The summed E-state index contributed by atoms with van der Waals surface area (Å²) < 4.78 is 34.8. The predicted molar refractivity (Wildman–Crippen MR) is 108 cm³/mol. The molecule has 27 heavy (non-hydrogen) atoms. The monoisotopic (exact) mass is 397 g/mol. The fourth-order valence-corrected chi connectivity index (χ4v) is 4.26. The molecule has 0 atom stereocenters. The Labute approximate surface area is 163 Å². The van der Waals surface area contributed by atoms with Crippen LogP contribution < -0.4 is 4.57 Å². The highest BCUT2D eigenvalue weighted by atomic mass is 32.2. The summed E-state index contributed by atoms with van der Waals surface area (Å²) in [5, 5.41) is 1.31. The Morgan fingerprint density at radius 1 is 0.852 bits per heavy atom. The van der Waals surface area contributed by atoms with E-state index in [9.17, 15) is 13.0 Å². The Morgan fingerprint density at radius 3 is 2.04 bits per heavy atom. The van der Waals surface area contributed by atoms with Crippen LogP contribution in [-0.2, 0) is 17.2 Å². The molecular formula is C21H19NO3S2. The van der Waals surface area contributed by atoms with Crippen molar-refractivity contribution in [3.8, 4) is 10.6 Å². The maximum atomic E-state index is 10.4. The van der Waals surface area contributed by atoms with Gasteiger partial charge in [-0.3, -0.25) is 0 Å². The number of thiazole rings is 1. The van der Waals surface area contributed by atoms with Gasteiger partial charge in [0.25, 0.3) is 5.01 Å². The molecule has 1 aromatic heterocycles. The van der Waals surface area contributed by atoms with Crippen LogP contribution in [0.1, 0.15) is 5.56 Å². The van der Waals surface area contributed by atoms with Crippen LogP contribution in [0.5, 0.6) is 0 Å². The number of hydrogen-bond donors (Lipinski definition) is 0. The Balaban J connectivity index is 0.000000168. The summed E-state index contributed by atoms with van der Waals surface area (Å²) in [7, 11) is -2.14. The first-order chi connectivity index (χ1) is 12.9. The van der Waals surface area contributed by atoms with Gasteiger partial charge in [-0.25, -0.2) is 8.42 Å². The van der Waals surface area contributed by atoms with E-state index in [1.807, 2.05) is 18.3 Å². The van der Waals surface area contributed by atoms with E-state index in [0.29, 0.717) is 0 Å². The lowest BCUT2D eigenvalue weighted by molar-refractivity contribution is -0.629. The highest BCUT2D eigenvalue weighted by Crippen LogP contribution is 2.27. The molecule has 4 rings (SSSR count). The summed E-state index contributed by atoms with van der Waals surface area (Å²) in [5.74, 6) is 0. The third kappa shape index (κ3) is 4.60. The molecule has 1 heterocycles. The minimum Gasteiger partial charge on any atom is -0.744 e. The van der Waals surface area contributed by atoms with E-state index in [2.05, 4.69) is 66.2 Å². The smallest absolute Gasteiger partial charge is 0.269 e. The van der Waals surface area contributed by atoms with Crippen molar-refractivity contribution >= 4 is 31.7 Å². The molecule has 138 valence electrons.